The van der Waals surface area contributed by atoms with Gasteiger partial charge in [0.1, 0.15) is 11.6 Å². The highest BCUT2D eigenvalue weighted by atomic mass is 19.1. The van der Waals surface area contributed by atoms with Crippen molar-refractivity contribution in [3.8, 4) is 0 Å². The summed E-state index contributed by atoms with van der Waals surface area (Å²) in [7, 11) is 1.20. The molecule has 4 nitrogen and oxygen atoms in total. The summed E-state index contributed by atoms with van der Waals surface area (Å²) in [5.41, 5.74) is 6.73. The first-order valence-electron chi connectivity index (χ1n) is 6.13. The molecule has 0 amide bonds. The van der Waals surface area contributed by atoms with Crippen molar-refractivity contribution in [1.29, 1.82) is 0 Å². The third kappa shape index (κ3) is 3.10. The van der Waals surface area contributed by atoms with Gasteiger partial charge in [-0.05, 0) is 36.8 Å². The van der Waals surface area contributed by atoms with E-state index >= 15 is 0 Å². The second-order valence-electron chi connectivity index (χ2n) is 4.50. The lowest BCUT2D eigenvalue weighted by atomic mass is 10.1. The zero-order valence-electron chi connectivity index (χ0n) is 11.5. The van der Waals surface area contributed by atoms with Gasteiger partial charge >= 0.3 is 5.97 Å². The number of nitrogen functional groups attached to an aromatic ring is 1. The quantitative estimate of drug-likeness (QED) is 0.672. The molecule has 0 radical (unpaired) electrons. The Labute approximate surface area is 120 Å². The molecule has 0 fully saturated rings. The van der Waals surface area contributed by atoms with Gasteiger partial charge in [0.25, 0.3) is 0 Å². The summed E-state index contributed by atoms with van der Waals surface area (Å²) in [5.74, 6) is -1.78. The first kappa shape index (κ1) is 14.8. The first-order valence-corrected chi connectivity index (χ1v) is 6.13. The van der Waals surface area contributed by atoms with Crippen molar-refractivity contribution in [3.05, 3.63) is 53.1 Å². The van der Waals surface area contributed by atoms with Crippen LogP contribution in [0.1, 0.15) is 15.9 Å². The van der Waals surface area contributed by atoms with Crippen LogP contribution in [0.15, 0.2) is 30.3 Å². The Bertz CT molecular complexity index is 702. The molecule has 0 saturated carbocycles. The van der Waals surface area contributed by atoms with E-state index in [-0.39, 0.29) is 16.9 Å². The fourth-order valence-electron chi connectivity index (χ4n) is 1.85. The van der Waals surface area contributed by atoms with Crippen molar-refractivity contribution in [3.63, 3.8) is 0 Å². The molecule has 0 bridgehead atoms. The van der Waals surface area contributed by atoms with Gasteiger partial charge < -0.3 is 15.8 Å². The van der Waals surface area contributed by atoms with E-state index in [9.17, 15) is 13.6 Å². The van der Waals surface area contributed by atoms with E-state index in [0.29, 0.717) is 5.69 Å². The number of carbonyl (C=O) groups is 1. The zero-order chi connectivity index (χ0) is 15.6. The van der Waals surface area contributed by atoms with Crippen LogP contribution in [0.2, 0.25) is 0 Å². The number of rotatable bonds is 3. The summed E-state index contributed by atoms with van der Waals surface area (Å²) in [5, 5.41) is 2.75. The van der Waals surface area contributed by atoms with E-state index in [2.05, 4.69) is 10.1 Å². The van der Waals surface area contributed by atoms with Crippen molar-refractivity contribution in [2.45, 2.75) is 6.92 Å². The SMILES string of the molecule is COC(=O)c1cc(Nc2cc(F)ccc2C)c(F)cc1N. The van der Waals surface area contributed by atoms with Crippen LogP contribution < -0.4 is 11.1 Å². The Balaban J connectivity index is 2.44. The van der Waals surface area contributed by atoms with Crippen molar-refractivity contribution < 1.29 is 18.3 Å². The Hall–Kier alpha value is -2.63. The number of nitrogens with one attached hydrogen (secondary N) is 1. The molecule has 2 aromatic carbocycles. The van der Waals surface area contributed by atoms with Gasteiger partial charge in [0.2, 0.25) is 0 Å². The average Bonchev–Trinajstić information content (AvgIpc) is 2.44. The number of carbonyl (C=O) groups excluding carboxylic acids is 1. The van der Waals surface area contributed by atoms with Crippen molar-refractivity contribution in [2.75, 3.05) is 18.2 Å². The molecule has 0 aliphatic rings. The Morgan fingerprint density at radius 3 is 2.57 bits per heavy atom. The highest BCUT2D eigenvalue weighted by molar-refractivity contribution is 5.96. The Kier molecular flexibility index (Phi) is 4.07. The van der Waals surface area contributed by atoms with Gasteiger partial charge in [0.05, 0.1) is 18.4 Å². The third-order valence-corrected chi connectivity index (χ3v) is 3.01. The molecule has 21 heavy (non-hydrogen) atoms. The Morgan fingerprint density at radius 1 is 1.19 bits per heavy atom. The number of aryl methyl sites for hydroxylation is 1. The second kappa shape index (κ2) is 5.78. The van der Waals surface area contributed by atoms with Gasteiger partial charge in [-0.3, -0.25) is 0 Å². The number of ether oxygens (including phenoxy) is 1. The third-order valence-electron chi connectivity index (χ3n) is 3.01. The second-order valence-corrected chi connectivity index (χ2v) is 4.50. The monoisotopic (exact) mass is 292 g/mol. The van der Waals surface area contributed by atoms with E-state index < -0.39 is 17.6 Å². The highest BCUT2D eigenvalue weighted by Gasteiger charge is 2.15. The highest BCUT2D eigenvalue weighted by Crippen LogP contribution is 2.27. The number of hydrogen-bond acceptors (Lipinski definition) is 4. The van der Waals surface area contributed by atoms with Crippen molar-refractivity contribution in [2.24, 2.45) is 0 Å². The minimum Gasteiger partial charge on any atom is -0.465 e. The topological polar surface area (TPSA) is 64.3 Å². The number of methoxy groups -OCH3 is 1. The van der Waals surface area contributed by atoms with Crippen LogP contribution in [0.3, 0.4) is 0 Å². The maximum absolute atomic E-state index is 13.9. The standard InChI is InChI=1S/C15H14F2N2O2/c1-8-3-4-9(16)5-13(8)19-14-6-10(15(20)21-2)12(18)7-11(14)17/h3-7,19H,18H2,1-2H3. The molecule has 2 rings (SSSR count). The molecule has 0 aromatic heterocycles. The molecule has 3 N–H and O–H groups in total. The van der Waals surface area contributed by atoms with Gasteiger partial charge in [-0.15, -0.1) is 0 Å². The van der Waals surface area contributed by atoms with Gasteiger partial charge in [-0.1, -0.05) is 6.07 Å². The maximum Gasteiger partial charge on any atom is 0.340 e. The van der Waals surface area contributed by atoms with Crippen LogP contribution in [0.25, 0.3) is 0 Å². The molecule has 0 aliphatic carbocycles. The van der Waals surface area contributed by atoms with Gasteiger partial charge in [-0.2, -0.15) is 0 Å². The number of nitrogens with two attached hydrogens (primary N) is 1. The van der Waals surface area contributed by atoms with E-state index in [0.717, 1.165) is 11.6 Å². The molecule has 0 heterocycles. The lowest BCUT2D eigenvalue weighted by Gasteiger charge is -2.13. The molecule has 6 heteroatoms. The summed E-state index contributed by atoms with van der Waals surface area (Å²) >= 11 is 0. The normalized spacial score (nSPS) is 10.3. The summed E-state index contributed by atoms with van der Waals surface area (Å²) in [6.07, 6.45) is 0. The number of esters is 1. The van der Waals surface area contributed by atoms with Crippen molar-refractivity contribution >= 4 is 23.0 Å². The molecular weight excluding hydrogens is 278 g/mol. The van der Waals surface area contributed by atoms with Crippen LogP contribution in [0.4, 0.5) is 25.8 Å². The number of benzene rings is 2. The van der Waals surface area contributed by atoms with Crippen LogP contribution in [-0.4, -0.2) is 13.1 Å². The maximum atomic E-state index is 13.9. The fraction of sp³-hybridized carbons (Fsp3) is 0.133. The number of anilines is 3. The predicted octanol–water partition coefficient (Wildman–Crippen LogP) is 3.39. The summed E-state index contributed by atoms with van der Waals surface area (Å²) in [6.45, 7) is 1.75. The summed E-state index contributed by atoms with van der Waals surface area (Å²) in [6, 6.07) is 6.36. The molecule has 0 aliphatic heterocycles. The van der Waals surface area contributed by atoms with Crippen LogP contribution in [-0.2, 0) is 4.74 Å². The molecule has 0 unspecified atom stereocenters. The molecule has 2 aromatic rings. The van der Waals surface area contributed by atoms with Crippen LogP contribution in [0, 0.1) is 18.6 Å². The van der Waals surface area contributed by atoms with Gasteiger partial charge in [0, 0.05) is 11.4 Å². The van der Waals surface area contributed by atoms with Gasteiger partial charge in [-0.25, -0.2) is 13.6 Å². The molecule has 0 saturated heterocycles. The number of hydrogen-bond donors (Lipinski definition) is 2. The Morgan fingerprint density at radius 2 is 1.90 bits per heavy atom. The van der Waals surface area contributed by atoms with E-state index in [1.807, 2.05) is 0 Å². The van der Waals surface area contributed by atoms with Gasteiger partial charge in [0.15, 0.2) is 0 Å². The molecule has 0 spiro atoms. The molecule has 0 atom stereocenters. The zero-order valence-corrected chi connectivity index (χ0v) is 11.5. The summed E-state index contributed by atoms with van der Waals surface area (Å²) < 4.78 is 31.8. The molecule has 110 valence electrons. The van der Waals surface area contributed by atoms with E-state index in [1.54, 1.807) is 13.0 Å². The first-order chi connectivity index (χ1) is 9.92. The van der Waals surface area contributed by atoms with Crippen LogP contribution in [0.5, 0.6) is 0 Å². The average molecular weight is 292 g/mol. The fourth-order valence-corrected chi connectivity index (χ4v) is 1.85. The lowest BCUT2D eigenvalue weighted by molar-refractivity contribution is 0.0602. The summed E-state index contributed by atoms with van der Waals surface area (Å²) in [4.78, 5) is 11.6. The largest absolute Gasteiger partial charge is 0.465 e. The van der Waals surface area contributed by atoms with Crippen LogP contribution >= 0.6 is 0 Å². The molecular formula is C15H14F2N2O2. The minimum atomic E-state index is -0.675. The van der Waals surface area contributed by atoms with Crippen molar-refractivity contribution in [1.82, 2.24) is 0 Å². The number of halogens is 2. The minimum absolute atomic E-state index is 0.0123. The van der Waals surface area contributed by atoms with E-state index in [4.69, 9.17) is 5.73 Å². The smallest absolute Gasteiger partial charge is 0.340 e. The van der Waals surface area contributed by atoms with E-state index in [1.165, 1.54) is 25.3 Å². The lowest BCUT2D eigenvalue weighted by Crippen LogP contribution is -2.08. The predicted molar refractivity (Wildman–Crippen MR) is 76.6 cm³/mol.